The minimum Gasteiger partial charge on any atom is -0.367 e. The van der Waals surface area contributed by atoms with E-state index in [0.717, 1.165) is 24.9 Å². The molecule has 1 aliphatic heterocycles. The number of piperidine rings is 1. The second-order valence-electron chi connectivity index (χ2n) is 5.34. The molecule has 0 radical (unpaired) electrons. The Morgan fingerprint density at radius 2 is 2.41 bits per heavy atom. The highest BCUT2D eigenvalue weighted by Gasteiger charge is 2.38. The summed E-state index contributed by atoms with van der Waals surface area (Å²) in [5, 5.41) is 0. The molecule has 0 bridgehead atoms. The molecule has 1 unspecified atom stereocenters. The lowest BCUT2D eigenvalue weighted by atomic mass is 9.85. The number of aromatic nitrogens is 1. The molecule has 0 aromatic carbocycles. The van der Waals surface area contributed by atoms with Crippen LogP contribution in [-0.2, 0) is 11.2 Å². The van der Waals surface area contributed by atoms with Crippen molar-refractivity contribution in [2.24, 2.45) is 5.73 Å². The Kier molecular flexibility index (Phi) is 3.24. The number of aromatic amines is 1. The molecule has 1 aromatic heterocycles. The number of carbonyl (C=O) groups is 1. The molecule has 1 atom stereocenters. The molecule has 3 N–H and O–H groups in total. The zero-order valence-electron chi connectivity index (χ0n) is 10.6. The molecule has 4 nitrogen and oxygen atoms in total. The van der Waals surface area contributed by atoms with E-state index in [0.29, 0.717) is 6.42 Å². The molecule has 1 saturated heterocycles. The molecule has 2 rings (SSSR count). The summed E-state index contributed by atoms with van der Waals surface area (Å²) in [7, 11) is 0. The third-order valence-corrected chi connectivity index (χ3v) is 3.82. The van der Waals surface area contributed by atoms with E-state index < -0.39 is 0 Å². The van der Waals surface area contributed by atoms with Gasteiger partial charge < -0.3 is 15.6 Å². The predicted molar refractivity (Wildman–Crippen MR) is 67.5 cm³/mol. The Labute approximate surface area is 102 Å². The van der Waals surface area contributed by atoms with E-state index in [1.54, 1.807) is 0 Å². The van der Waals surface area contributed by atoms with Crippen molar-refractivity contribution in [2.75, 3.05) is 6.54 Å². The van der Waals surface area contributed by atoms with Gasteiger partial charge in [-0.1, -0.05) is 0 Å². The first-order valence-electron chi connectivity index (χ1n) is 6.19. The van der Waals surface area contributed by atoms with E-state index in [1.165, 1.54) is 0 Å². The van der Waals surface area contributed by atoms with E-state index in [2.05, 4.69) is 18.8 Å². The summed E-state index contributed by atoms with van der Waals surface area (Å²) in [5.74, 6) is 0.171. The van der Waals surface area contributed by atoms with Crippen molar-refractivity contribution in [1.82, 2.24) is 9.88 Å². The van der Waals surface area contributed by atoms with E-state index in [9.17, 15) is 4.79 Å². The van der Waals surface area contributed by atoms with Crippen molar-refractivity contribution in [3.05, 3.63) is 24.0 Å². The van der Waals surface area contributed by atoms with Gasteiger partial charge in [0, 0.05) is 25.0 Å². The second kappa shape index (κ2) is 4.53. The summed E-state index contributed by atoms with van der Waals surface area (Å²) in [5.41, 5.74) is 6.92. The number of carbonyl (C=O) groups excluding carboxylic acids is 1. The van der Waals surface area contributed by atoms with E-state index >= 15 is 0 Å². The Bertz CT molecular complexity index is 383. The lowest BCUT2D eigenvalue weighted by Gasteiger charge is -2.46. The number of amides is 1. The summed E-state index contributed by atoms with van der Waals surface area (Å²) < 4.78 is 0. The standard InChI is InChI=1S/C13H21N3O/c1-13(2)11(14)4-3-7-16(13)12(17)8-10-5-6-15-9-10/h5-6,9,11,15H,3-4,7-8,14H2,1-2H3. The zero-order valence-corrected chi connectivity index (χ0v) is 10.6. The summed E-state index contributed by atoms with van der Waals surface area (Å²) >= 11 is 0. The smallest absolute Gasteiger partial charge is 0.227 e. The zero-order chi connectivity index (χ0) is 12.5. The Hall–Kier alpha value is -1.29. The fourth-order valence-electron chi connectivity index (χ4n) is 2.50. The lowest BCUT2D eigenvalue weighted by Crippen LogP contribution is -2.61. The first-order valence-corrected chi connectivity index (χ1v) is 6.19. The lowest BCUT2D eigenvalue weighted by molar-refractivity contribution is -0.138. The van der Waals surface area contributed by atoms with E-state index in [1.807, 2.05) is 23.4 Å². The number of rotatable bonds is 2. The number of nitrogens with one attached hydrogen (secondary N) is 1. The fourth-order valence-corrected chi connectivity index (χ4v) is 2.50. The number of nitrogens with two attached hydrogens (primary N) is 1. The van der Waals surface area contributed by atoms with E-state index in [4.69, 9.17) is 5.73 Å². The highest BCUT2D eigenvalue weighted by Crippen LogP contribution is 2.27. The highest BCUT2D eigenvalue weighted by molar-refractivity contribution is 5.79. The van der Waals surface area contributed by atoms with Gasteiger partial charge in [-0.3, -0.25) is 4.79 Å². The van der Waals surface area contributed by atoms with Gasteiger partial charge in [-0.15, -0.1) is 0 Å². The van der Waals surface area contributed by atoms with Gasteiger partial charge in [0.25, 0.3) is 0 Å². The summed E-state index contributed by atoms with van der Waals surface area (Å²) in [6, 6.07) is 2.01. The van der Waals surface area contributed by atoms with Crippen LogP contribution in [0.1, 0.15) is 32.3 Å². The van der Waals surface area contributed by atoms with Gasteiger partial charge in [-0.05, 0) is 38.3 Å². The van der Waals surface area contributed by atoms with Crippen molar-refractivity contribution in [3.63, 3.8) is 0 Å². The normalized spacial score (nSPS) is 23.7. The topological polar surface area (TPSA) is 62.1 Å². The van der Waals surface area contributed by atoms with Crippen LogP contribution in [-0.4, -0.2) is 33.9 Å². The van der Waals surface area contributed by atoms with Crippen LogP contribution < -0.4 is 5.73 Å². The monoisotopic (exact) mass is 235 g/mol. The average molecular weight is 235 g/mol. The minimum absolute atomic E-state index is 0.0754. The van der Waals surface area contributed by atoms with Crippen molar-refractivity contribution >= 4 is 5.91 Å². The SMILES string of the molecule is CC1(C)C(N)CCCN1C(=O)Cc1cc[nH]c1. The summed E-state index contributed by atoms with van der Waals surface area (Å²) in [4.78, 5) is 17.2. The first-order chi connectivity index (χ1) is 8.01. The Morgan fingerprint density at radius 1 is 1.65 bits per heavy atom. The third kappa shape index (κ3) is 2.36. The van der Waals surface area contributed by atoms with Crippen molar-refractivity contribution in [3.8, 4) is 0 Å². The number of hydrogen-bond acceptors (Lipinski definition) is 2. The molecule has 0 spiro atoms. The van der Waals surface area contributed by atoms with Gasteiger partial charge >= 0.3 is 0 Å². The molecule has 1 aliphatic rings. The van der Waals surface area contributed by atoms with Crippen LogP contribution in [0.4, 0.5) is 0 Å². The van der Waals surface area contributed by atoms with Gasteiger partial charge in [0.05, 0.1) is 12.0 Å². The Balaban J connectivity index is 2.08. The van der Waals surface area contributed by atoms with E-state index in [-0.39, 0.29) is 17.5 Å². The van der Waals surface area contributed by atoms with Crippen LogP contribution in [0.3, 0.4) is 0 Å². The van der Waals surface area contributed by atoms with Crippen molar-refractivity contribution < 1.29 is 4.79 Å². The van der Waals surface area contributed by atoms with Gasteiger partial charge in [-0.2, -0.15) is 0 Å². The Morgan fingerprint density at radius 3 is 3.06 bits per heavy atom. The quantitative estimate of drug-likeness (QED) is 0.811. The average Bonchev–Trinajstić information content (AvgIpc) is 2.74. The molecule has 4 heteroatoms. The van der Waals surface area contributed by atoms with Crippen LogP contribution in [0.15, 0.2) is 18.5 Å². The molecule has 2 heterocycles. The molecule has 1 amide bonds. The molecular weight excluding hydrogens is 214 g/mol. The highest BCUT2D eigenvalue weighted by atomic mass is 16.2. The van der Waals surface area contributed by atoms with Crippen molar-refractivity contribution in [2.45, 2.75) is 44.7 Å². The van der Waals surface area contributed by atoms with Gasteiger partial charge in [-0.25, -0.2) is 0 Å². The third-order valence-electron chi connectivity index (χ3n) is 3.82. The number of hydrogen-bond donors (Lipinski definition) is 2. The molecule has 0 aliphatic carbocycles. The second-order valence-corrected chi connectivity index (χ2v) is 5.34. The number of nitrogens with zero attached hydrogens (tertiary/aromatic N) is 1. The van der Waals surface area contributed by atoms with Crippen LogP contribution in [0.5, 0.6) is 0 Å². The largest absolute Gasteiger partial charge is 0.367 e. The number of likely N-dealkylation sites (tertiary alicyclic amines) is 1. The van der Waals surface area contributed by atoms with Crippen LogP contribution in [0.2, 0.25) is 0 Å². The summed E-state index contributed by atoms with van der Waals surface area (Å²) in [6.07, 6.45) is 6.18. The van der Waals surface area contributed by atoms with Gasteiger partial charge in [0.1, 0.15) is 0 Å². The molecule has 1 fully saturated rings. The molecule has 1 aromatic rings. The first kappa shape index (κ1) is 12.2. The van der Waals surface area contributed by atoms with Crippen LogP contribution >= 0.6 is 0 Å². The molecule has 94 valence electrons. The maximum absolute atomic E-state index is 12.3. The number of H-pyrrole nitrogens is 1. The maximum atomic E-state index is 12.3. The fraction of sp³-hybridized carbons (Fsp3) is 0.615. The van der Waals surface area contributed by atoms with Crippen LogP contribution in [0.25, 0.3) is 0 Å². The molecular formula is C13H21N3O. The minimum atomic E-state index is -0.231. The van der Waals surface area contributed by atoms with Crippen molar-refractivity contribution in [1.29, 1.82) is 0 Å². The molecule has 0 saturated carbocycles. The van der Waals surface area contributed by atoms with Crippen LogP contribution in [0, 0.1) is 0 Å². The maximum Gasteiger partial charge on any atom is 0.227 e. The van der Waals surface area contributed by atoms with Gasteiger partial charge in [0.15, 0.2) is 0 Å². The van der Waals surface area contributed by atoms with Gasteiger partial charge in [0.2, 0.25) is 5.91 Å². The molecule has 17 heavy (non-hydrogen) atoms. The summed E-state index contributed by atoms with van der Waals surface area (Å²) in [6.45, 7) is 4.95. The predicted octanol–water partition coefficient (Wildman–Crippen LogP) is 1.29.